The van der Waals surface area contributed by atoms with Crippen LogP contribution < -0.4 is 5.56 Å². The summed E-state index contributed by atoms with van der Waals surface area (Å²) in [4.78, 5) is 11.8. The normalized spacial score (nSPS) is 31.8. The number of halogens is 1. The van der Waals surface area contributed by atoms with Crippen LogP contribution >= 0.6 is 11.6 Å². The molecule has 2 unspecified atom stereocenters. The first-order chi connectivity index (χ1) is 8.16. The largest absolute Gasteiger partial charge is 0.381 e. The van der Waals surface area contributed by atoms with Gasteiger partial charge in [-0.1, -0.05) is 11.6 Å². The van der Waals surface area contributed by atoms with Gasteiger partial charge in [-0.25, -0.2) is 0 Å². The van der Waals surface area contributed by atoms with E-state index in [1.54, 1.807) is 13.1 Å². The van der Waals surface area contributed by atoms with Crippen LogP contribution in [0.15, 0.2) is 16.9 Å². The van der Waals surface area contributed by atoms with Crippen molar-refractivity contribution in [2.75, 3.05) is 13.2 Å². The minimum absolute atomic E-state index is 0.0154. The lowest BCUT2D eigenvalue weighted by Gasteiger charge is -2.30. The number of rotatable bonds is 1. The number of nitrogens with zero attached hydrogens (tertiary/aromatic N) is 1. The van der Waals surface area contributed by atoms with Gasteiger partial charge >= 0.3 is 0 Å². The number of aromatic nitrogens is 1. The molecule has 92 valence electrons. The van der Waals surface area contributed by atoms with Crippen LogP contribution in [-0.4, -0.2) is 17.8 Å². The molecule has 1 saturated heterocycles. The molecular weight excluding hydrogens is 238 g/mol. The molecule has 17 heavy (non-hydrogen) atoms. The van der Waals surface area contributed by atoms with E-state index in [1.807, 2.05) is 6.07 Å². The molecule has 0 radical (unpaired) electrons. The van der Waals surface area contributed by atoms with Crippen molar-refractivity contribution in [2.24, 2.45) is 18.9 Å². The molecule has 0 spiro atoms. The monoisotopic (exact) mass is 253 g/mol. The Morgan fingerprint density at radius 1 is 1.29 bits per heavy atom. The van der Waals surface area contributed by atoms with Crippen LogP contribution in [-0.2, 0) is 11.8 Å². The summed E-state index contributed by atoms with van der Waals surface area (Å²) < 4.78 is 7.05. The molecule has 1 saturated carbocycles. The Hall–Kier alpha value is -0.800. The summed E-state index contributed by atoms with van der Waals surface area (Å²) in [5.41, 5.74) is 1.09. The van der Waals surface area contributed by atoms with E-state index in [9.17, 15) is 4.79 Å². The van der Waals surface area contributed by atoms with Crippen LogP contribution in [0.4, 0.5) is 0 Å². The first-order valence-corrected chi connectivity index (χ1v) is 6.49. The summed E-state index contributed by atoms with van der Waals surface area (Å²) >= 11 is 6.09. The predicted molar refractivity (Wildman–Crippen MR) is 66.5 cm³/mol. The van der Waals surface area contributed by atoms with Gasteiger partial charge in [0.2, 0.25) is 0 Å². The average Bonchev–Trinajstić information content (AvgIpc) is 2.55. The molecule has 3 nitrogen and oxygen atoms in total. The van der Waals surface area contributed by atoms with Crippen molar-refractivity contribution >= 4 is 11.6 Å². The van der Waals surface area contributed by atoms with Gasteiger partial charge in [0.1, 0.15) is 5.15 Å². The molecule has 2 aliphatic rings. The van der Waals surface area contributed by atoms with Gasteiger partial charge in [-0.3, -0.25) is 4.79 Å². The standard InChI is InChI=1S/C13H16ClNO2/c1-15-11(14)4-10(5-12(15)16)13-8-2-3-9(13)7-17-6-8/h4-5,8-9,13H,2-3,6-7H2,1H3. The number of hydrogen-bond acceptors (Lipinski definition) is 2. The zero-order chi connectivity index (χ0) is 12.0. The molecule has 1 aromatic rings. The summed E-state index contributed by atoms with van der Waals surface area (Å²) in [5.74, 6) is 1.60. The molecular formula is C13H16ClNO2. The van der Waals surface area contributed by atoms with E-state index < -0.39 is 0 Å². The van der Waals surface area contributed by atoms with Crippen molar-refractivity contribution in [3.8, 4) is 0 Å². The minimum atomic E-state index is -0.0154. The van der Waals surface area contributed by atoms with Crippen LogP contribution in [0.1, 0.15) is 24.3 Å². The molecule has 2 heterocycles. The van der Waals surface area contributed by atoms with Gasteiger partial charge in [0.25, 0.3) is 5.56 Å². The molecule has 4 heteroatoms. The topological polar surface area (TPSA) is 31.2 Å². The van der Waals surface area contributed by atoms with Crippen LogP contribution in [0.25, 0.3) is 0 Å². The third kappa shape index (κ3) is 1.81. The molecule has 1 aromatic heterocycles. The Morgan fingerprint density at radius 2 is 1.94 bits per heavy atom. The zero-order valence-corrected chi connectivity index (χ0v) is 10.6. The Kier molecular flexibility index (Phi) is 2.75. The summed E-state index contributed by atoms with van der Waals surface area (Å²) in [6, 6.07) is 3.69. The van der Waals surface area contributed by atoms with Gasteiger partial charge in [0, 0.05) is 26.3 Å². The fourth-order valence-electron chi connectivity index (χ4n) is 3.27. The molecule has 2 bridgehead atoms. The molecule has 2 atom stereocenters. The van der Waals surface area contributed by atoms with E-state index in [4.69, 9.17) is 16.3 Å². The Bertz CT molecular complexity index is 481. The minimum Gasteiger partial charge on any atom is -0.381 e. The number of hydrogen-bond donors (Lipinski definition) is 0. The van der Waals surface area contributed by atoms with Crippen molar-refractivity contribution in [3.63, 3.8) is 0 Å². The van der Waals surface area contributed by atoms with Crippen LogP contribution in [0.5, 0.6) is 0 Å². The van der Waals surface area contributed by atoms with Crippen molar-refractivity contribution in [1.29, 1.82) is 0 Å². The Labute approximate surface area is 105 Å². The molecule has 0 aromatic carbocycles. The Morgan fingerprint density at radius 3 is 2.53 bits per heavy atom. The summed E-state index contributed by atoms with van der Waals surface area (Å²) in [7, 11) is 1.70. The fraction of sp³-hybridized carbons (Fsp3) is 0.615. The first kappa shape index (κ1) is 11.3. The van der Waals surface area contributed by atoms with Crippen LogP contribution in [0, 0.1) is 11.8 Å². The second-order valence-corrected chi connectivity index (χ2v) is 5.56. The van der Waals surface area contributed by atoms with Gasteiger partial charge in [0.05, 0.1) is 0 Å². The van der Waals surface area contributed by atoms with E-state index in [-0.39, 0.29) is 5.56 Å². The van der Waals surface area contributed by atoms with Gasteiger partial charge in [-0.05, 0) is 42.2 Å². The van der Waals surface area contributed by atoms with Crippen LogP contribution in [0.2, 0.25) is 5.15 Å². The van der Waals surface area contributed by atoms with Gasteiger partial charge in [-0.2, -0.15) is 0 Å². The van der Waals surface area contributed by atoms with Gasteiger partial charge in [-0.15, -0.1) is 0 Å². The maximum Gasteiger partial charge on any atom is 0.251 e. The second-order valence-electron chi connectivity index (χ2n) is 5.17. The van der Waals surface area contributed by atoms with Crippen molar-refractivity contribution in [1.82, 2.24) is 4.57 Å². The van der Waals surface area contributed by atoms with Gasteiger partial charge < -0.3 is 9.30 Å². The maximum absolute atomic E-state index is 11.8. The second kappa shape index (κ2) is 4.14. The quantitative estimate of drug-likeness (QED) is 0.719. The third-order valence-electron chi connectivity index (χ3n) is 4.20. The summed E-state index contributed by atoms with van der Waals surface area (Å²) in [6.45, 7) is 1.65. The molecule has 0 N–H and O–H groups in total. The molecule has 1 aliphatic heterocycles. The number of fused-ring (bicyclic) bond motifs is 2. The molecule has 0 amide bonds. The number of pyridine rings is 1. The number of ether oxygens (including phenoxy) is 1. The van der Waals surface area contributed by atoms with E-state index in [1.165, 1.54) is 17.4 Å². The summed E-state index contributed by atoms with van der Waals surface area (Å²) in [5, 5.41) is 0.526. The highest BCUT2D eigenvalue weighted by molar-refractivity contribution is 6.29. The fourth-order valence-corrected chi connectivity index (χ4v) is 3.48. The van der Waals surface area contributed by atoms with E-state index >= 15 is 0 Å². The maximum atomic E-state index is 11.8. The van der Waals surface area contributed by atoms with E-state index in [0.29, 0.717) is 22.9 Å². The van der Waals surface area contributed by atoms with Crippen molar-refractivity contribution in [2.45, 2.75) is 18.8 Å². The smallest absolute Gasteiger partial charge is 0.251 e. The highest BCUT2D eigenvalue weighted by Gasteiger charge is 2.40. The zero-order valence-electron chi connectivity index (χ0n) is 9.86. The molecule has 1 aliphatic carbocycles. The summed E-state index contributed by atoms with van der Waals surface area (Å²) in [6.07, 6.45) is 2.42. The van der Waals surface area contributed by atoms with Gasteiger partial charge in [0.15, 0.2) is 0 Å². The molecule has 2 fully saturated rings. The van der Waals surface area contributed by atoms with Crippen LogP contribution in [0.3, 0.4) is 0 Å². The Balaban J connectivity index is 2.02. The van der Waals surface area contributed by atoms with Crippen molar-refractivity contribution in [3.05, 3.63) is 33.2 Å². The average molecular weight is 254 g/mol. The SMILES string of the molecule is Cn1c(Cl)cc(C2C3CCC2COC3)cc1=O. The third-order valence-corrected chi connectivity index (χ3v) is 4.56. The lowest BCUT2D eigenvalue weighted by atomic mass is 9.83. The lowest BCUT2D eigenvalue weighted by Crippen LogP contribution is -2.28. The molecule has 3 rings (SSSR count). The highest BCUT2D eigenvalue weighted by atomic mass is 35.5. The highest BCUT2D eigenvalue weighted by Crippen LogP contribution is 2.47. The van der Waals surface area contributed by atoms with E-state index in [2.05, 4.69) is 0 Å². The lowest BCUT2D eigenvalue weighted by molar-refractivity contribution is 0.0321. The van der Waals surface area contributed by atoms with Crippen molar-refractivity contribution < 1.29 is 4.74 Å². The van der Waals surface area contributed by atoms with E-state index in [0.717, 1.165) is 18.8 Å². The predicted octanol–water partition coefficient (Wildman–Crippen LogP) is 2.18. The first-order valence-electron chi connectivity index (χ1n) is 6.11.